The summed E-state index contributed by atoms with van der Waals surface area (Å²) in [5.74, 6) is 2.34. The van der Waals surface area contributed by atoms with Crippen molar-refractivity contribution < 1.29 is 9.47 Å². The van der Waals surface area contributed by atoms with Crippen molar-refractivity contribution in [2.45, 2.75) is 112 Å². The lowest BCUT2D eigenvalue weighted by Gasteiger charge is -2.31. The predicted octanol–water partition coefficient (Wildman–Crippen LogP) is 8.35. The molecule has 2 heteroatoms. The van der Waals surface area contributed by atoms with Crippen LogP contribution in [0, 0.1) is 16.7 Å². The molecular weight excluding hydrogens is 356 g/mol. The minimum Gasteiger partial charge on any atom is -0.465 e. The maximum absolute atomic E-state index is 6.02. The summed E-state index contributed by atoms with van der Waals surface area (Å²) in [5, 5.41) is 0. The van der Waals surface area contributed by atoms with Gasteiger partial charge in [0.1, 0.15) is 5.75 Å². The molecule has 1 aromatic carbocycles. The topological polar surface area (TPSA) is 18.5 Å². The fourth-order valence-electron chi connectivity index (χ4n) is 4.71. The average Bonchev–Trinajstić information content (AvgIpc) is 2.60. The molecular formula is C27H46O2. The van der Waals surface area contributed by atoms with Crippen molar-refractivity contribution in [2.24, 2.45) is 16.7 Å². The number of benzene rings is 1. The van der Waals surface area contributed by atoms with Crippen LogP contribution in [-0.2, 0) is 4.74 Å². The second kappa shape index (κ2) is 10.8. The summed E-state index contributed by atoms with van der Waals surface area (Å²) < 4.78 is 12.0. The average molecular weight is 403 g/mol. The molecule has 0 radical (unpaired) electrons. The molecule has 2 rings (SSSR count). The first-order chi connectivity index (χ1) is 13.5. The van der Waals surface area contributed by atoms with Crippen LogP contribution < -0.4 is 4.74 Å². The first kappa shape index (κ1) is 24.3. The van der Waals surface area contributed by atoms with Crippen LogP contribution in [0.1, 0.15) is 111 Å². The second-order valence-corrected chi connectivity index (χ2v) is 11.6. The fourth-order valence-corrected chi connectivity index (χ4v) is 4.71. The van der Waals surface area contributed by atoms with Crippen LogP contribution in [0.25, 0.3) is 0 Å². The van der Waals surface area contributed by atoms with E-state index in [2.05, 4.69) is 65.8 Å². The standard InChI is InChI=1S/C27H46O2/c1-21(28-18-17-22-11-9-8-10-12-22)29-25-15-13-23(14-16-25)24(19-26(2,3)4)20-27(5,6)7/h13-16,21-22,24H,8-12,17-20H2,1-7H3. The molecule has 1 atom stereocenters. The van der Waals surface area contributed by atoms with E-state index in [1.54, 1.807) is 0 Å². The largest absolute Gasteiger partial charge is 0.465 e. The Morgan fingerprint density at radius 1 is 0.862 bits per heavy atom. The fraction of sp³-hybridized carbons (Fsp3) is 0.778. The quantitative estimate of drug-likeness (QED) is 0.386. The van der Waals surface area contributed by atoms with Gasteiger partial charge in [0, 0.05) is 0 Å². The number of hydrogen-bond acceptors (Lipinski definition) is 2. The van der Waals surface area contributed by atoms with Crippen LogP contribution in [-0.4, -0.2) is 12.9 Å². The zero-order valence-corrected chi connectivity index (χ0v) is 20.2. The summed E-state index contributed by atoms with van der Waals surface area (Å²) in [6.07, 6.45) is 10.4. The van der Waals surface area contributed by atoms with E-state index in [1.165, 1.54) is 56.9 Å². The molecule has 0 saturated heterocycles. The Morgan fingerprint density at radius 2 is 1.41 bits per heavy atom. The van der Waals surface area contributed by atoms with Crippen molar-refractivity contribution in [2.75, 3.05) is 6.61 Å². The lowest BCUT2D eigenvalue weighted by Crippen LogP contribution is -2.19. The van der Waals surface area contributed by atoms with Gasteiger partial charge in [-0.1, -0.05) is 85.8 Å². The molecule has 0 heterocycles. The zero-order valence-electron chi connectivity index (χ0n) is 20.2. The molecule has 0 N–H and O–H groups in total. The van der Waals surface area contributed by atoms with Gasteiger partial charge in [-0.2, -0.15) is 0 Å². The maximum Gasteiger partial charge on any atom is 0.196 e. The van der Waals surface area contributed by atoms with Gasteiger partial charge in [-0.3, -0.25) is 0 Å². The Labute approximate surface area is 180 Å². The van der Waals surface area contributed by atoms with Crippen molar-refractivity contribution in [3.8, 4) is 5.75 Å². The molecule has 2 nitrogen and oxygen atoms in total. The SMILES string of the molecule is CC(OCCC1CCCCC1)Oc1ccc(C(CC(C)(C)C)CC(C)(C)C)cc1. The van der Waals surface area contributed by atoms with E-state index in [1.807, 2.05) is 6.92 Å². The van der Waals surface area contributed by atoms with Gasteiger partial charge >= 0.3 is 0 Å². The van der Waals surface area contributed by atoms with Gasteiger partial charge in [-0.25, -0.2) is 0 Å². The monoisotopic (exact) mass is 402 g/mol. The maximum atomic E-state index is 6.02. The highest BCUT2D eigenvalue weighted by Gasteiger charge is 2.25. The molecule has 1 aromatic rings. The third-order valence-corrected chi connectivity index (χ3v) is 5.97. The highest BCUT2D eigenvalue weighted by atomic mass is 16.7. The van der Waals surface area contributed by atoms with Gasteiger partial charge in [-0.15, -0.1) is 0 Å². The Balaban J connectivity index is 1.86. The third-order valence-electron chi connectivity index (χ3n) is 5.97. The number of hydrogen-bond donors (Lipinski definition) is 0. The molecule has 1 saturated carbocycles. The van der Waals surface area contributed by atoms with E-state index in [9.17, 15) is 0 Å². The van der Waals surface area contributed by atoms with Gasteiger partial charge in [0.05, 0.1) is 6.61 Å². The van der Waals surface area contributed by atoms with Gasteiger partial charge in [0.2, 0.25) is 0 Å². The molecule has 1 unspecified atom stereocenters. The molecule has 0 aromatic heterocycles. The number of ether oxygens (including phenoxy) is 2. The lowest BCUT2D eigenvalue weighted by atomic mass is 9.74. The molecule has 1 fully saturated rings. The Hall–Kier alpha value is -1.02. The Bertz CT molecular complexity index is 554. The van der Waals surface area contributed by atoms with Crippen molar-refractivity contribution >= 4 is 0 Å². The van der Waals surface area contributed by atoms with Gasteiger partial charge in [0.15, 0.2) is 6.29 Å². The molecule has 29 heavy (non-hydrogen) atoms. The molecule has 0 bridgehead atoms. The molecule has 1 aliphatic carbocycles. The van der Waals surface area contributed by atoms with E-state index in [-0.39, 0.29) is 6.29 Å². The van der Waals surface area contributed by atoms with Crippen LogP contribution in [0.5, 0.6) is 5.75 Å². The first-order valence-corrected chi connectivity index (χ1v) is 11.9. The Kier molecular flexibility index (Phi) is 9.07. The van der Waals surface area contributed by atoms with Crippen LogP contribution in [0.4, 0.5) is 0 Å². The Morgan fingerprint density at radius 3 is 1.93 bits per heavy atom. The summed E-state index contributed by atoms with van der Waals surface area (Å²) >= 11 is 0. The molecule has 0 amide bonds. The van der Waals surface area contributed by atoms with Crippen molar-refractivity contribution in [1.29, 1.82) is 0 Å². The normalized spacial score (nSPS) is 17.5. The molecule has 1 aliphatic rings. The summed E-state index contributed by atoms with van der Waals surface area (Å²) in [7, 11) is 0. The van der Waals surface area contributed by atoms with Crippen LogP contribution in [0.15, 0.2) is 24.3 Å². The highest BCUT2D eigenvalue weighted by molar-refractivity contribution is 5.30. The lowest BCUT2D eigenvalue weighted by molar-refractivity contribution is -0.0711. The van der Waals surface area contributed by atoms with Gasteiger partial charge < -0.3 is 9.47 Å². The van der Waals surface area contributed by atoms with Gasteiger partial charge in [-0.05, 0) is 66.5 Å². The first-order valence-electron chi connectivity index (χ1n) is 11.9. The summed E-state index contributed by atoms with van der Waals surface area (Å²) in [5.41, 5.74) is 2.07. The van der Waals surface area contributed by atoms with Crippen molar-refractivity contribution in [3.05, 3.63) is 29.8 Å². The molecule has 166 valence electrons. The summed E-state index contributed by atoms with van der Waals surface area (Å²) in [6.45, 7) is 16.9. The molecule has 0 aliphatic heterocycles. The van der Waals surface area contributed by atoms with E-state index >= 15 is 0 Å². The van der Waals surface area contributed by atoms with E-state index < -0.39 is 0 Å². The summed E-state index contributed by atoms with van der Waals surface area (Å²) in [6, 6.07) is 8.75. The van der Waals surface area contributed by atoms with Crippen molar-refractivity contribution in [1.82, 2.24) is 0 Å². The summed E-state index contributed by atoms with van der Waals surface area (Å²) in [4.78, 5) is 0. The predicted molar refractivity (Wildman–Crippen MR) is 125 cm³/mol. The third kappa shape index (κ3) is 10.0. The van der Waals surface area contributed by atoms with Crippen molar-refractivity contribution in [3.63, 3.8) is 0 Å². The van der Waals surface area contributed by atoms with Crippen LogP contribution in [0.2, 0.25) is 0 Å². The number of rotatable bonds is 9. The minimum atomic E-state index is -0.190. The molecule has 0 spiro atoms. The zero-order chi connectivity index (χ0) is 21.5. The van der Waals surface area contributed by atoms with Crippen LogP contribution in [0.3, 0.4) is 0 Å². The van der Waals surface area contributed by atoms with E-state index in [0.29, 0.717) is 16.7 Å². The second-order valence-electron chi connectivity index (χ2n) is 11.6. The smallest absolute Gasteiger partial charge is 0.196 e. The van der Waals surface area contributed by atoms with E-state index in [0.717, 1.165) is 18.3 Å². The van der Waals surface area contributed by atoms with Gasteiger partial charge in [0.25, 0.3) is 0 Å². The highest BCUT2D eigenvalue weighted by Crippen LogP contribution is 2.39. The van der Waals surface area contributed by atoms with Crippen LogP contribution >= 0.6 is 0 Å². The minimum absolute atomic E-state index is 0.190. The van der Waals surface area contributed by atoms with E-state index in [4.69, 9.17) is 9.47 Å².